The number of furan rings is 1. The van der Waals surface area contributed by atoms with E-state index < -0.39 is 6.04 Å². The second-order valence-corrected chi connectivity index (χ2v) is 7.25. The first kappa shape index (κ1) is 20.7. The minimum atomic E-state index is -0.648. The van der Waals surface area contributed by atoms with E-state index in [0.717, 1.165) is 11.1 Å². The Bertz CT molecular complexity index is 1030. The van der Waals surface area contributed by atoms with Gasteiger partial charge in [0, 0.05) is 25.8 Å². The molecule has 1 atom stereocenters. The summed E-state index contributed by atoms with van der Waals surface area (Å²) < 4.78 is 15.8. The summed E-state index contributed by atoms with van der Waals surface area (Å²) in [6.07, 6.45) is 1.89. The molecule has 1 aliphatic rings. The minimum absolute atomic E-state index is 0.217. The van der Waals surface area contributed by atoms with Gasteiger partial charge in [-0.2, -0.15) is 0 Å². The molecular formula is C24H24N2O5. The fourth-order valence-corrected chi connectivity index (χ4v) is 3.62. The molecule has 160 valence electrons. The quantitative estimate of drug-likeness (QED) is 0.592. The van der Waals surface area contributed by atoms with Crippen LogP contribution in [0.15, 0.2) is 71.3 Å². The summed E-state index contributed by atoms with van der Waals surface area (Å²) in [5.41, 5.74) is 2.73. The van der Waals surface area contributed by atoms with Crippen molar-refractivity contribution in [3.05, 3.63) is 83.8 Å². The summed E-state index contributed by atoms with van der Waals surface area (Å²) in [7, 11) is 1.62. The van der Waals surface area contributed by atoms with Crippen LogP contribution in [-0.4, -0.2) is 43.1 Å². The molecule has 0 fully saturated rings. The number of nitrogens with zero attached hydrogens (tertiary/aromatic N) is 1. The van der Waals surface area contributed by atoms with Gasteiger partial charge >= 0.3 is 0 Å². The van der Waals surface area contributed by atoms with E-state index in [-0.39, 0.29) is 17.6 Å². The molecule has 0 saturated carbocycles. The van der Waals surface area contributed by atoms with Crippen molar-refractivity contribution in [2.45, 2.75) is 19.0 Å². The van der Waals surface area contributed by atoms with Gasteiger partial charge in [0.25, 0.3) is 5.91 Å². The fourth-order valence-electron chi connectivity index (χ4n) is 3.62. The lowest BCUT2D eigenvalue weighted by Crippen LogP contribution is -2.50. The van der Waals surface area contributed by atoms with E-state index in [2.05, 4.69) is 5.32 Å². The van der Waals surface area contributed by atoms with E-state index in [4.69, 9.17) is 13.9 Å². The van der Waals surface area contributed by atoms with Gasteiger partial charge in [0.15, 0.2) is 5.76 Å². The summed E-state index contributed by atoms with van der Waals surface area (Å²) >= 11 is 0. The van der Waals surface area contributed by atoms with E-state index in [0.29, 0.717) is 37.6 Å². The Balaban J connectivity index is 1.51. The van der Waals surface area contributed by atoms with Crippen LogP contribution in [0.25, 0.3) is 0 Å². The van der Waals surface area contributed by atoms with Crippen LogP contribution in [0.5, 0.6) is 5.75 Å². The van der Waals surface area contributed by atoms with Crippen LogP contribution in [0, 0.1) is 0 Å². The number of amides is 2. The molecule has 0 spiro atoms. The summed E-state index contributed by atoms with van der Waals surface area (Å²) in [4.78, 5) is 27.8. The molecule has 7 heteroatoms. The minimum Gasteiger partial charge on any atom is -0.491 e. The summed E-state index contributed by atoms with van der Waals surface area (Å²) in [5.74, 6) is 0.356. The number of ether oxygens (including phenoxy) is 2. The number of anilines is 1. The molecule has 31 heavy (non-hydrogen) atoms. The Morgan fingerprint density at radius 3 is 2.52 bits per heavy atom. The number of methoxy groups -OCH3 is 1. The predicted octanol–water partition coefficient (Wildman–Crippen LogP) is 3.51. The second kappa shape index (κ2) is 9.49. The third-order valence-corrected chi connectivity index (χ3v) is 5.22. The topological polar surface area (TPSA) is 81.0 Å². The number of carbonyl (C=O) groups excluding carboxylic acids is 2. The maximum atomic E-state index is 13.2. The maximum absolute atomic E-state index is 13.2. The van der Waals surface area contributed by atoms with Crippen LogP contribution in [0.2, 0.25) is 0 Å². The zero-order chi connectivity index (χ0) is 21.6. The lowest BCUT2D eigenvalue weighted by molar-refractivity contribution is -0.121. The average molecular weight is 420 g/mol. The lowest BCUT2D eigenvalue weighted by Gasteiger charge is -2.35. The van der Waals surface area contributed by atoms with Crippen molar-refractivity contribution in [1.29, 1.82) is 0 Å². The number of benzene rings is 2. The molecule has 0 aliphatic carbocycles. The van der Waals surface area contributed by atoms with E-state index in [9.17, 15) is 9.59 Å². The monoisotopic (exact) mass is 420 g/mol. The highest BCUT2D eigenvalue weighted by Crippen LogP contribution is 2.26. The van der Waals surface area contributed by atoms with E-state index in [1.54, 1.807) is 48.4 Å². The Morgan fingerprint density at radius 2 is 1.81 bits per heavy atom. The van der Waals surface area contributed by atoms with E-state index in [1.807, 2.05) is 24.3 Å². The lowest BCUT2D eigenvalue weighted by atomic mass is 9.93. The van der Waals surface area contributed by atoms with Gasteiger partial charge in [-0.1, -0.05) is 24.3 Å². The third-order valence-electron chi connectivity index (χ3n) is 5.22. The van der Waals surface area contributed by atoms with Crippen molar-refractivity contribution in [2.75, 3.05) is 25.6 Å². The standard InChI is InChI=1S/C24H24N2O5/c1-29-13-14-30-20-10-8-19(9-11-20)25-23(27)21-15-17-5-2-3-6-18(17)16-26(21)24(28)22-7-4-12-31-22/h2-12,21H,13-16H2,1H3,(H,25,27). The maximum Gasteiger partial charge on any atom is 0.290 e. The molecule has 3 aromatic rings. The number of hydrogen-bond donors (Lipinski definition) is 1. The van der Waals surface area contributed by atoms with Gasteiger partial charge in [-0.3, -0.25) is 9.59 Å². The second-order valence-electron chi connectivity index (χ2n) is 7.25. The predicted molar refractivity (Wildman–Crippen MR) is 115 cm³/mol. The molecule has 0 saturated heterocycles. The molecular weight excluding hydrogens is 396 g/mol. The first-order valence-electron chi connectivity index (χ1n) is 10.1. The van der Waals surface area contributed by atoms with Crippen LogP contribution >= 0.6 is 0 Å². The van der Waals surface area contributed by atoms with Crippen LogP contribution in [0.4, 0.5) is 5.69 Å². The Morgan fingerprint density at radius 1 is 1.03 bits per heavy atom. The molecule has 2 heterocycles. The summed E-state index contributed by atoms with van der Waals surface area (Å²) in [6, 6.07) is 17.6. The average Bonchev–Trinajstić information content (AvgIpc) is 3.34. The van der Waals surface area contributed by atoms with Crippen LogP contribution in [-0.2, 0) is 22.5 Å². The molecule has 1 aliphatic heterocycles. The Hall–Kier alpha value is -3.58. The fraction of sp³-hybridized carbons (Fsp3) is 0.250. The van der Waals surface area contributed by atoms with Gasteiger partial charge in [0.2, 0.25) is 5.91 Å². The smallest absolute Gasteiger partial charge is 0.290 e. The molecule has 1 N–H and O–H groups in total. The van der Waals surface area contributed by atoms with E-state index >= 15 is 0 Å². The van der Waals surface area contributed by atoms with Crippen molar-refractivity contribution in [3.8, 4) is 5.75 Å². The van der Waals surface area contributed by atoms with E-state index in [1.165, 1.54) is 6.26 Å². The highest BCUT2D eigenvalue weighted by molar-refractivity contribution is 6.00. The number of fused-ring (bicyclic) bond motifs is 1. The molecule has 7 nitrogen and oxygen atoms in total. The molecule has 1 aromatic heterocycles. The van der Waals surface area contributed by atoms with Crippen molar-refractivity contribution < 1.29 is 23.5 Å². The molecule has 0 bridgehead atoms. The van der Waals surface area contributed by atoms with Crippen molar-refractivity contribution in [1.82, 2.24) is 4.90 Å². The Kier molecular flexibility index (Phi) is 6.33. The zero-order valence-corrected chi connectivity index (χ0v) is 17.2. The van der Waals surface area contributed by atoms with Crippen molar-refractivity contribution >= 4 is 17.5 Å². The SMILES string of the molecule is COCCOc1ccc(NC(=O)C2Cc3ccccc3CN2C(=O)c2ccco2)cc1. The van der Waals surface area contributed by atoms with Crippen molar-refractivity contribution in [3.63, 3.8) is 0 Å². The zero-order valence-electron chi connectivity index (χ0n) is 17.2. The molecule has 2 aromatic carbocycles. The highest BCUT2D eigenvalue weighted by atomic mass is 16.5. The number of hydrogen-bond acceptors (Lipinski definition) is 5. The number of rotatable bonds is 7. The van der Waals surface area contributed by atoms with Gasteiger partial charge in [-0.15, -0.1) is 0 Å². The molecule has 4 rings (SSSR count). The first-order valence-corrected chi connectivity index (χ1v) is 10.1. The van der Waals surface area contributed by atoms with Crippen LogP contribution < -0.4 is 10.1 Å². The van der Waals surface area contributed by atoms with Crippen LogP contribution in [0.1, 0.15) is 21.7 Å². The van der Waals surface area contributed by atoms with Crippen molar-refractivity contribution in [2.24, 2.45) is 0 Å². The number of carbonyl (C=O) groups is 2. The number of nitrogens with one attached hydrogen (secondary N) is 1. The van der Waals surface area contributed by atoms with Gasteiger partial charge in [0.1, 0.15) is 18.4 Å². The van der Waals surface area contributed by atoms with Crippen LogP contribution in [0.3, 0.4) is 0 Å². The Labute approximate surface area is 180 Å². The van der Waals surface area contributed by atoms with Gasteiger partial charge < -0.3 is 24.1 Å². The molecule has 1 unspecified atom stereocenters. The summed E-state index contributed by atoms with van der Waals surface area (Å²) in [5, 5.41) is 2.92. The van der Waals surface area contributed by atoms with Gasteiger partial charge in [0.05, 0.1) is 12.9 Å². The summed E-state index contributed by atoms with van der Waals surface area (Å²) in [6.45, 7) is 1.30. The van der Waals surface area contributed by atoms with Gasteiger partial charge in [-0.05, 0) is 47.5 Å². The van der Waals surface area contributed by atoms with Gasteiger partial charge in [-0.25, -0.2) is 0 Å². The largest absolute Gasteiger partial charge is 0.491 e. The third kappa shape index (κ3) is 4.78. The first-order chi connectivity index (χ1) is 15.2. The normalized spacial score (nSPS) is 15.3. The molecule has 2 amide bonds. The highest BCUT2D eigenvalue weighted by Gasteiger charge is 2.36. The molecule has 0 radical (unpaired) electrons.